The summed E-state index contributed by atoms with van der Waals surface area (Å²) < 4.78 is 0. The fourth-order valence-electron chi connectivity index (χ4n) is 1.22. The number of nitrogens with zero attached hydrogens (tertiary/aromatic N) is 1. The molecule has 98 valence electrons. The van der Waals surface area contributed by atoms with Crippen molar-refractivity contribution in [1.29, 1.82) is 0 Å². The van der Waals surface area contributed by atoms with E-state index in [4.69, 9.17) is 16.6 Å². The van der Waals surface area contributed by atoms with E-state index in [0.717, 1.165) is 17.5 Å². The molecule has 0 aliphatic heterocycles. The van der Waals surface area contributed by atoms with Crippen LogP contribution in [0, 0.1) is 0 Å². The summed E-state index contributed by atoms with van der Waals surface area (Å²) in [5, 5.41) is 9.11. The molecule has 17 heavy (non-hydrogen) atoms. The van der Waals surface area contributed by atoms with Gasteiger partial charge in [-0.25, -0.2) is 4.98 Å². The minimum atomic E-state index is -0.0371. The summed E-state index contributed by atoms with van der Waals surface area (Å²) in [5.41, 5.74) is 12.8. The topological polar surface area (TPSA) is 85.2 Å². The van der Waals surface area contributed by atoms with Crippen molar-refractivity contribution in [2.75, 3.05) is 5.73 Å². The van der Waals surface area contributed by atoms with E-state index in [9.17, 15) is 0 Å². The molecule has 0 aliphatic rings. The Morgan fingerprint density at radius 1 is 1.47 bits per heavy atom. The number of pyridine rings is 1. The number of nitrogens with two attached hydrogens (primary N) is 2. The summed E-state index contributed by atoms with van der Waals surface area (Å²) in [6.45, 7) is 1.91. The zero-order valence-corrected chi connectivity index (χ0v) is 11.3. The molecule has 5 N–H and O–H groups in total. The van der Waals surface area contributed by atoms with Crippen molar-refractivity contribution in [2.24, 2.45) is 5.73 Å². The SMILES string of the molecule is C[C@H](N)C/C=C/c1cnc(N)cc1CO.Cl.Cl. The van der Waals surface area contributed by atoms with Gasteiger partial charge in [0.15, 0.2) is 0 Å². The quantitative estimate of drug-likeness (QED) is 0.784. The predicted octanol–water partition coefficient (Wildman–Crippen LogP) is 1.75. The zero-order chi connectivity index (χ0) is 11.3. The number of aliphatic hydroxyl groups is 1. The van der Waals surface area contributed by atoms with Gasteiger partial charge < -0.3 is 16.6 Å². The maximum Gasteiger partial charge on any atom is 0.123 e. The second-order valence-electron chi connectivity index (χ2n) is 3.58. The number of halogens is 2. The third kappa shape index (κ3) is 6.48. The van der Waals surface area contributed by atoms with Gasteiger partial charge in [-0.05, 0) is 30.5 Å². The highest BCUT2D eigenvalue weighted by atomic mass is 35.5. The van der Waals surface area contributed by atoms with E-state index < -0.39 is 0 Å². The van der Waals surface area contributed by atoms with Gasteiger partial charge in [0.2, 0.25) is 0 Å². The number of hydrogen-bond donors (Lipinski definition) is 3. The largest absolute Gasteiger partial charge is 0.392 e. The molecule has 0 radical (unpaired) electrons. The van der Waals surface area contributed by atoms with E-state index in [1.807, 2.05) is 19.1 Å². The first-order chi connectivity index (χ1) is 7.13. The lowest BCUT2D eigenvalue weighted by atomic mass is 10.1. The first-order valence-corrected chi connectivity index (χ1v) is 4.91. The maximum absolute atomic E-state index is 9.11. The first kappa shape index (κ1) is 18.6. The molecule has 1 heterocycles. The Kier molecular flexibility index (Phi) is 10.1. The molecule has 0 saturated heterocycles. The van der Waals surface area contributed by atoms with Gasteiger partial charge in [0, 0.05) is 12.2 Å². The van der Waals surface area contributed by atoms with Crippen LogP contribution in [0.2, 0.25) is 0 Å². The van der Waals surface area contributed by atoms with Crippen LogP contribution in [-0.4, -0.2) is 16.1 Å². The van der Waals surface area contributed by atoms with Crippen LogP contribution in [0.15, 0.2) is 18.3 Å². The van der Waals surface area contributed by atoms with Crippen molar-refractivity contribution in [2.45, 2.75) is 26.0 Å². The summed E-state index contributed by atoms with van der Waals surface area (Å²) in [6, 6.07) is 1.81. The van der Waals surface area contributed by atoms with Gasteiger partial charge in [-0.2, -0.15) is 0 Å². The molecule has 0 unspecified atom stereocenters. The highest BCUT2D eigenvalue weighted by Crippen LogP contribution is 2.13. The molecule has 0 aliphatic carbocycles. The van der Waals surface area contributed by atoms with Crippen LogP contribution in [0.4, 0.5) is 5.82 Å². The Labute approximate surface area is 114 Å². The Balaban J connectivity index is 0. The first-order valence-electron chi connectivity index (χ1n) is 4.91. The third-order valence-corrected chi connectivity index (χ3v) is 2.02. The van der Waals surface area contributed by atoms with E-state index in [0.29, 0.717) is 5.82 Å². The standard InChI is InChI=1S/C11H17N3O.2ClH/c1-8(12)3-2-4-9-6-14-11(13)5-10(9)7-15;;/h2,4-6,8,15H,3,7,12H2,1H3,(H2,13,14);2*1H/b4-2+;;/t8-;;/m0../s1. The molecule has 0 spiro atoms. The second-order valence-corrected chi connectivity index (χ2v) is 3.58. The number of hydrogen-bond acceptors (Lipinski definition) is 4. The molecule has 1 aromatic heterocycles. The van der Waals surface area contributed by atoms with Crippen LogP contribution in [-0.2, 0) is 6.61 Å². The van der Waals surface area contributed by atoms with Crippen LogP contribution in [0.25, 0.3) is 6.08 Å². The lowest BCUT2D eigenvalue weighted by molar-refractivity contribution is 0.281. The second kappa shape index (κ2) is 9.24. The van der Waals surface area contributed by atoms with Gasteiger partial charge in [0.05, 0.1) is 6.61 Å². The predicted molar refractivity (Wildman–Crippen MR) is 76.4 cm³/mol. The van der Waals surface area contributed by atoms with Gasteiger partial charge in [0.1, 0.15) is 5.82 Å². The van der Waals surface area contributed by atoms with Crippen LogP contribution < -0.4 is 11.5 Å². The summed E-state index contributed by atoms with van der Waals surface area (Å²) >= 11 is 0. The number of aromatic nitrogens is 1. The van der Waals surface area contributed by atoms with Gasteiger partial charge in [-0.3, -0.25) is 0 Å². The van der Waals surface area contributed by atoms with Gasteiger partial charge in [0.25, 0.3) is 0 Å². The molecule has 6 heteroatoms. The monoisotopic (exact) mass is 279 g/mol. The number of aliphatic hydroxyl groups excluding tert-OH is 1. The Morgan fingerprint density at radius 3 is 2.65 bits per heavy atom. The molecule has 0 saturated carbocycles. The van der Waals surface area contributed by atoms with Gasteiger partial charge in [-0.1, -0.05) is 12.2 Å². The number of nitrogen functional groups attached to an aromatic ring is 1. The normalized spacial score (nSPS) is 11.7. The fourth-order valence-corrected chi connectivity index (χ4v) is 1.22. The summed E-state index contributed by atoms with van der Waals surface area (Å²) in [6.07, 6.45) is 6.33. The minimum Gasteiger partial charge on any atom is -0.392 e. The third-order valence-electron chi connectivity index (χ3n) is 2.02. The summed E-state index contributed by atoms with van der Waals surface area (Å²) in [5.74, 6) is 0.420. The van der Waals surface area contributed by atoms with E-state index in [1.54, 1.807) is 12.3 Å². The number of rotatable bonds is 4. The smallest absolute Gasteiger partial charge is 0.123 e. The van der Waals surface area contributed by atoms with E-state index in [1.165, 1.54) is 0 Å². The highest BCUT2D eigenvalue weighted by molar-refractivity contribution is 5.85. The lowest BCUT2D eigenvalue weighted by Gasteiger charge is -2.03. The molecule has 0 aromatic carbocycles. The van der Waals surface area contributed by atoms with Crippen molar-refractivity contribution in [3.05, 3.63) is 29.5 Å². The van der Waals surface area contributed by atoms with Crippen molar-refractivity contribution >= 4 is 36.7 Å². The minimum absolute atomic E-state index is 0. The Morgan fingerprint density at radius 2 is 2.12 bits per heavy atom. The van der Waals surface area contributed by atoms with E-state index >= 15 is 0 Å². The number of anilines is 1. The summed E-state index contributed by atoms with van der Waals surface area (Å²) in [7, 11) is 0. The highest BCUT2D eigenvalue weighted by Gasteiger charge is 1.99. The molecule has 0 amide bonds. The fraction of sp³-hybridized carbons (Fsp3) is 0.364. The summed E-state index contributed by atoms with van der Waals surface area (Å²) in [4.78, 5) is 3.97. The molecular weight excluding hydrogens is 261 g/mol. The van der Waals surface area contributed by atoms with Crippen LogP contribution in [0.5, 0.6) is 0 Å². The van der Waals surface area contributed by atoms with Crippen LogP contribution in [0.3, 0.4) is 0 Å². The van der Waals surface area contributed by atoms with Crippen LogP contribution in [0.1, 0.15) is 24.5 Å². The van der Waals surface area contributed by atoms with Crippen molar-refractivity contribution in [1.82, 2.24) is 4.98 Å². The molecule has 1 aromatic rings. The average Bonchev–Trinajstić information content (AvgIpc) is 2.19. The van der Waals surface area contributed by atoms with E-state index in [-0.39, 0.29) is 37.5 Å². The zero-order valence-electron chi connectivity index (χ0n) is 9.67. The molecule has 0 bridgehead atoms. The Bertz CT molecular complexity index is 357. The van der Waals surface area contributed by atoms with Crippen molar-refractivity contribution < 1.29 is 5.11 Å². The van der Waals surface area contributed by atoms with Crippen LogP contribution >= 0.6 is 24.8 Å². The Hall–Kier alpha value is -0.810. The lowest BCUT2D eigenvalue weighted by Crippen LogP contribution is -2.12. The van der Waals surface area contributed by atoms with Gasteiger partial charge >= 0.3 is 0 Å². The molecular formula is C11H19Cl2N3O. The maximum atomic E-state index is 9.11. The molecule has 1 rings (SSSR count). The van der Waals surface area contributed by atoms with Gasteiger partial charge in [-0.15, -0.1) is 24.8 Å². The van der Waals surface area contributed by atoms with Crippen molar-refractivity contribution in [3.8, 4) is 0 Å². The van der Waals surface area contributed by atoms with E-state index in [2.05, 4.69) is 4.98 Å². The molecule has 4 nitrogen and oxygen atoms in total. The molecule has 0 fully saturated rings. The van der Waals surface area contributed by atoms with Crippen molar-refractivity contribution in [3.63, 3.8) is 0 Å². The average molecular weight is 280 g/mol. The molecule has 1 atom stereocenters.